The zero-order chi connectivity index (χ0) is 13.7. The lowest BCUT2D eigenvalue weighted by Gasteiger charge is -2.28. The van der Waals surface area contributed by atoms with E-state index in [2.05, 4.69) is 0 Å². The molecule has 0 bridgehead atoms. The third-order valence-corrected chi connectivity index (χ3v) is 2.91. The number of hydrogen-bond donors (Lipinski definition) is 0. The second kappa shape index (κ2) is 6.32. The Morgan fingerprint density at radius 2 is 1.89 bits per heavy atom. The van der Waals surface area contributed by atoms with Gasteiger partial charge in [0.1, 0.15) is 14.5 Å². The molecule has 1 heterocycles. The third kappa shape index (κ3) is 3.31. The Balaban J connectivity index is 2.15. The highest BCUT2D eigenvalue weighted by Crippen LogP contribution is 2.30. The highest BCUT2D eigenvalue weighted by Gasteiger charge is 2.23. The fourth-order valence-electron chi connectivity index (χ4n) is 1.88. The van der Waals surface area contributed by atoms with Gasteiger partial charge in [0, 0.05) is 0 Å². The van der Waals surface area contributed by atoms with E-state index in [0.717, 1.165) is 22.5 Å². The maximum Gasteiger partial charge on any atom is 0.161 e. The molecule has 0 aliphatic carbocycles. The van der Waals surface area contributed by atoms with Gasteiger partial charge in [0.15, 0.2) is 17.6 Å². The van der Waals surface area contributed by atoms with Gasteiger partial charge < -0.3 is 9.47 Å². The van der Waals surface area contributed by atoms with Gasteiger partial charge in [-0.15, -0.1) is 0 Å². The summed E-state index contributed by atoms with van der Waals surface area (Å²) in [7, 11) is 5.69. The molecule has 1 atom stereocenters. The molecule has 96 valence electrons. The molecule has 1 saturated heterocycles. The van der Waals surface area contributed by atoms with E-state index in [1.165, 1.54) is 0 Å². The molecule has 0 aromatic heterocycles. The van der Waals surface area contributed by atoms with Crippen molar-refractivity contribution in [1.82, 2.24) is 0 Å². The van der Waals surface area contributed by atoms with Crippen LogP contribution in [0.5, 0.6) is 0 Å². The van der Waals surface area contributed by atoms with Crippen molar-refractivity contribution in [1.29, 1.82) is 0 Å². The van der Waals surface area contributed by atoms with Crippen molar-refractivity contribution in [2.45, 2.75) is 20.0 Å². The number of ether oxygens (including phenoxy) is 2. The van der Waals surface area contributed by atoms with Gasteiger partial charge in [-0.25, -0.2) is 0 Å². The van der Waals surface area contributed by atoms with Crippen LogP contribution in [0.3, 0.4) is 0 Å². The summed E-state index contributed by atoms with van der Waals surface area (Å²) in [6.45, 7) is 4.41. The van der Waals surface area contributed by atoms with Crippen molar-refractivity contribution < 1.29 is 9.47 Å². The van der Waals surface area contributed by atoms with Crippen LogP contribution in [0, 0.1) is 0 Å². The Bertz CT molecular complexity index is 512. The lowest BCUT2D eigenvalue weighted by atomic mass is 9.94. The van der Waals surface area contributed by atoms with Gasteiger partial charge >= 0.3 is 0 Å². The van der Waals surface area contributed by atoms with Crippen LogP contribution in [0.4, 0.5) is 0 Å². The van der Waals surface area contributed by atoms with Crippen molar-refractivity contribution in [3.63, 3.8) is 0 Å². The first-order valence-electron chi connectivity index (χ1n) is 6.39. The molecule has 1 aromatic rings. The summed E-state index contributed by atoms with van der Waals surface area (Å²) in [4.78, 5) is 0. The van der Waals surface area contributed by atoms with Crippen molar-refractivity contribution in [3.8, 4) is 0 Å². The lowest BCUT2D eigenvalue weighted by Crippen LogP contribution is -2.20. The average Bonchev–Trinajstić information content (AvgIpc) is 2.46. The first-order chi connectivity index (χ1) is 9.24. The van der Waals surface area contributed by atoms with E-state index < -0.39 is 0 Å². The maximum atomic E-state index is 5.96. The predicted molar refractivity (Wildman–Crippen MR) is 78.3 cm³/mol. The minimum absolute atomic E-state index is 0.0884. The number of benzene rings is 1. The van der Waals surface area contributed by atoms with Crippen LogP contribution in [-0.2, 0) is 9.47 Å². The Morgan fingerprint density at radius 1 is 1.16 bits per heavy atom. The number of allylic oxidation sites excluding steroid dienone is 4. The topological polar surface area (TPSA) is 18.5 Å². The van der Waals surface area contributed by atoms with Crippen LogP contribution < -0.4 is 5.46 Å². The van der Waals surface area contributed by atoms with Crippen molar-refractivity contribution in [2.75, 3.05) is 6.61 Å². The van der Waals surface area contributed by atoms with E-state index in [1.54, 1.807) is 0 Å². The van der Waals surface area contributed by atoms with Crippen LogP contribution in [0.1, 0.15) is 25.5 Å². The Kier molecular flexibility index (Phi) is 4.50. The Morgan fingerprint density at radius 3 is 2.53 bits per heavy atom. The minimum atomic E-state index is -0.0884. The summed E-state index contributed by atoms with van der Waals surface area (Å²) >= 11 is 0. The highest BCUT2D eigenvalue weighted by molar-refractivity contribution is 6.32. The molecule has 3 heteroatoms. The largest absolute Gasteiger partial charge is 0.485 e. The molecule has 1 aliphatic rings. The van der Waals surface area contributed by atoms with Gasteiger partial charge in [-0.05, 0) is 31.6 Å². The molecule has 2 radical (unpaired) electrons. The van der Waals surface area contributed by atoms with Crippen LogP contribution in [-0.4, -0.2) is 14.5 Å². The zero-order valence-electron chi connectivity index (χ0n) is 11.3. The van der Waals surface area contributed by atoms with Gasteiger partial charge in [0.25, 0.3) is 0 Å². The molecular weight excluding hydrogens is 235 g/mol. The smallest absolute Gasteiger partial charge is 0.161 e. The molecule has 2 nitrogen and oxygen atoms in total. The summed E-state index contributed by atoms with van der Waals surface area (Å²) in [6, 6.07) is 7.69. The molecule has 0 amide bonds. The van der Waals surface area contributed by atoms with Crippen LogP contribution >= 0.6 is 0 Å². The average molecular weight is 252 g/mol. The molecule has 0 N–H and O–H groups in total. The predicted octanol–water partition coefficient (Wildman–Crippen LogP) is 2.93. The van der Waals surface area contributed by atoms with Crippen molar-refractivity contribution in [3.05, 3.63) is 65.7 Å². The molecule has 1 fully saturated rings. The Hall–Kier alpha value is -1.90. The summed E-state index contributed by atoms with van der Waals surface area (Å²) in [5, 5.41) is 0. The second-order valence-corrected chi connectivity index (χ2v) is 4.29. The highest BCUT2D eigenvalue weighted by atomic mass is 16.6. The van der Waals surface area contributed by atoms with E-state index in [-0.39, 0.29) is 6.10 Å². The quantitative estimate of drug-likeness (QED) is 0.753. The van der Waals surface area contributed by atoms with Crippen LogP contribution in [0.2, 0.25) is 0 Å². The Labute approximate surface area is 115 Å². The lowest BCUT2D eigenvalue weighted by molar-refractivity contribution is -0.00849. The number of hydrogen-bond acceptors (Lipinski definition) is 2. The molecule has 1 unspecified atom stereocenters. The molecule has 0 saturated carbocycles. The SMILES string of the molecule is [B]c1ccc(C2COC(=C/C=C/C)/C(=C\C)O2)cc1. The van der Waals surface area contributed by atoms with E-state index in [9.17, 15) is 0 Å². The fraction of sp³-hybridized carbons (Fsp3) is 0.250. The van der Waals surface area contributed by atoms with Gasteiger partial charge in [-0.1, -0.05) is 41.9 Å². The van der Waals surface area contributed by atoms with E-state index in [0.29, 0.717) is 6.61 Å². The normalized spacial score (nSPS) is 23.6. The fourth-order valence-corrected chi connectivity index (χ4v) is 1.88. The first-order valence-corrected chi connectivity index (χ1v) is 6.39. The van der Waals surface area contributed by atoms with Crippen molar-refractivity contribution in [2.24, 2.45) is 0 Å². The maximum absolute atomic E-state index is 5.96. The van der Waals surface area contributed by atoms with Gasteiger partial charge in [0.2, 0.25) is 0 Å². The molecule has 19 heavy (non-hydrogen) atoms. The molecular formula is C16H17BO2. The zero-order valence-corrected chi connectivity index (χ0v) is 11.3. The second-order valence-electron chi connectivity index (χ2n) is 4.29. The molecule has 1 aliphatic heterocycles. The van der Waals surface area contributed by atoms with Gasteiger partial charge in [-0.2, -0.15) is 0 Å². The summed E-state index contributed by atoms with van der Waals surface area (Å²) < 4.78 is 11.7. The van der Waals surface area contributed by atoms with Crippen molar-refractivity contribution >= 4 is 13.3 Å². The van der Waals surface area contributed by atoms with Crippen LogP contribution in [0.15, 0.2) is 60.1 Å². The minimum Gasteiger partial charge on any atom is -0.485 e. The van der Waals surface area contributed by atoms with E-state index >= 15 is 0 Å². The monoisotopic (exact) mass is 252 g/mol. The van der Waals surface area contributed by atoms with E-state index in [4.69, 9.17) is 17.3 Å². The third-order valence-electron chi connectivity index (χ3n) is 2.91. The summed E-state index contributed by atoms with van der Waals surface area (Å²) in [5.74, 6) is 1.54. The van der Waals surface area contributed by atoms with Gasteiger partial charge in [0.05, 0.1) is 0 Å². The number of rotatable bonds is 2. The van der Waals surface area contributed by atoms with Crippen LogP contribution in [0.25, 0.3) is 0 Å². The molecule has 0 spiro atoms. The standard InChI is InChI=1S/C16H17BO2/c1-3-5-6-15-14(4-2)19-16(11-18-15)12-7-9-13(17)10-8-12/h3-10,16H,11H2,1-2H3/b5-3+,14-4+,15-6+. The summed E-state index contributed by atoms with van der Waals surface area (Å²) in [6.07, 6.45) is 7.63. The molecule has 1 aromatic carbocycles. The first kappa shape index (κ1) is 13.5. The summed E-state index contributed by atoms with van der Waals surface area (Å²) in [5.41, 5.74) is 1.82. The van der Waals surface area contributed by atoms with E-state index in [1.807, 2.05) is 62.4 Å². The van der Waals surface area contributed by atoms with Gasteiger partial charge in [-0.3, -0.25) is 0 Å². The molecule has 2 rings (SSSR count).